The predicted octanol–water partition coefficient (Wildman–Crippen LogP) is 4.82. The van der Waals surface area contributed by atoms with E-state index in [0.29, 0.717) is 17.2 Å². The highest BCUT2D eigenvalue weighted by molar-refractivity contribution is 6.32. The lowest BCUT2D eigenvalue weighted by molar-refractivity contribution is 0.415. The first-order chi connectivity index (χ1) is 10.0. The van der Waals surface area contributed by atoms with E-state index in [-0.39, 0.29) is 5.92 Å². The monoisotopic (exact) mass is 299 g/mol. The van der Waals surface area contributed by atoms with E-state index >= 15 is 0 Å². The molecule has 1 unspecified atom stereocenters. The second kappa shape index (κ2) is 6.65. The van der Waals surface area contributed by atoms with Gasteiger partial charge in [-0.2, -0.15) is 5.26 Å². The maximum absolute atomic E-state index is 9.49. The zero-order valence-corrected chi connectivity index (χ0v) is 13.2. The molecule has 3 heteroatoms. The van der Waals surface area contributed by atoms with E-state index in [1.54, 1.807) is 7.11 Å². The molecule has 0 saturated heterocycles. The third kappa shape index (κ3) is 3.56. The van der Waals surface area contributed by atoms with Crippen LogP contribution in [0.1, 0.15) is 28.2 Å². The van der Waals surface area contributed by atoms with Crippen LogP contribution >= 0.6 is 11.6 Å². The fourth-order valence-electron chi connectivity index (χ4n) is 2.38. The summed E-state index contributed by atoms with van der Waals surface area (Å²) in [6.45, 7) is 4.14. The number of methoxy groups -OCH3 is 1. The van der Waals surface area contributed by atoms with Gasteiger partial charge < -0.3 is 4.74 Å². The molecule has 1 atom stereocenters. The molecule has 2 aromatic carbocycles. The van der Waals surface area contributed by atoms with E-state index in [1.165, 1.54) is 16.7 Å². The molecule has 2 aromatic rings. The summed E-state index contributed by atoms with van der Waals surface area (Å²) in [5, 5.41) is 10.0. The van der Waals surface area contributed by atoms with Gasteiger partial charge in [0, 0.05) is 0 Å². The molecule has 0 aliphatic heterocycles. The van der Waals surface area contributed by atoms with Gasteiger partial charge in [-0.25, -0.2) is 0 Å². The molecule has 2 rings (SSSR count). The molecule has 0 aliphatic carbocycles. The number of halogens is 1. The SMILES string of the molecule is COc1ccc(C(C#N)Cc2cc(C)ccc2C)cc1Cl. The number of nitrogens with zero attached hydrogens (tertiary/aromatic N) is 1. The van der Waals surface area contributed by atoms with Gasteiger partial charge >= 0.3 is 0 Å². The van der Waals surface area contributed by atoms with Crippen molar-refractivity contribution in [3.05, 3.63) is 63.7 Å². The van der Waals surface area contributed by atoms with Crippen molar-refractivity contribution in [1.29, 1.82) is 5.26 Å². The lowest BCUT2D eigenvalue weighted by Gasteiger charge is -2.14. The Balaban J connectivity index is 2.30. The van der Waals surface area contributed by atoms with Crippen molar-refractivity contribution in [1.82, 2.24) is 0 Å². The highest BCUT2D eigenvalue weighted by Gasteiger charge is 2.15. The molecular formula is C18H18ClNO. The Morgan fingerprint density at radius 2 is 1.95 bits per heavy atom. The van der Waals surface area contributed by atoms with Gasteiger partial charge in [0.1, 0.15) is 5.75 Å². The van der Waals surface area contributed by atoms with Gasteiger partial charge in [-0.05, 0) is 49.1 Å². The first kappa shape index (κ1) is 15.4. The summed E-state index contributed by atoms with van der Waals surface area (Å²) in [4.78, 5) is 0. The van der Waals surface area contributed by atoms with Crippen molar-refractivity contribution in [2.75, 3.05) is 7.11 Å². The first-order valence-corrected chi connectivity index (χ1v) is 7.22. The zero-order chi connectivity index (χ0) is 15.4. The fourth-order valence-corrected chi connectivity index (χ4v) is 2.64. The fraction of sp³-hybridized carbons (Fsp3) is 0.278. The third-order valence-electron chi connectivity index (χ3n) is 3.66. The highest BCUT2D eigenvalue weighted by atomic mass is 35.5. The Kier molecular flexibility index (Phi) is 4.88. The molecule has 0 fully saturated rings. The number of hydrogen-bond acceptors (Lipinski definition) is 2. The second-order valence-corrected chi connectivity index (χ2v) is 5.62. The molecule has 0 spiro atoms. The Morgan fingerprint density at radius 3 is 2.57 bits per heavy atom. The summed E-state index contributed by atoms with van der Waals surface area (Å²) in [7, 11) is 1.58. The van der Waals surface area contributed by atoms with Gasteiger partial charge in [-0.1, -0.05) is 41.4 Å². The van der Waals surface area contributed by atoms with Crippen LogP contribution in [0.2, 0.25) is 5.02 Å². The van der Waals surface area contributed by atoms with Crippen LogP contribution in [0.5, 0.6) is 5.75 Å². The van der Waals surface area contributed by atoms with Crippen LogP contribution in [0.3, 0.4) is 0 Å². The maximum Gasteiger partial charge on any atom is 0.137 e. The maximum atomic E-state index is 9.49. The molecule has 0 amide bonds. The van der Waals surface area contributed by atoms with Crippen LogP contribution < -0.4 is 4.74 Å². The summed E-state index contributed by atoms with van der Waals surface area (Å²) < 4.78 is 5.15. The van der Waals surface area contributed by atoms with E-state index in [4.69, 9.17) is 16.3 Å². The lowest BCUT2D eigenvalue weighted by atomic mass is 9.90. The number of rotatable bonds is 4. The summed E-state index contributed by atoms with van der Waals surface area (Å²) in [5.41, 5.74) is 4.54. The first-order valence-electron chi connectivity index (χ1n) is 6.84. The van der Waals surface area contributed by atoms with Gasteiger partial charge in [0.15, 0.2) is 0 Å². The van der Waals surface area contributed by atoms with Crippen LogP contribution in [0.15, 0.2) is 36.4 Å². The highest BCUT2D eigenvalue weighted by Crippen LogP contribution is 2.30. The van der Waals surface area contributed by atoms with Crippen molar-refractivity contribution in [3.63, 3.8) is 0 Å². The quantitative estimate of drug-likeness (QED) is 0.811. The molecular weight excluding hydrogens is 282 g/mol. The number of benzene rings is 2. The molecule has 21 heavy (non-hydrogen) atoms. The van der Waals surface area contributed by atoms with E-state index in [0.717, 1.165) is 5.56 Å². The molecule has 0 aromatic heterocycles. The lowest BCUT2D eigenvalue weighted by Crippen LogP contribution is -2.03. The summed E-state index contributed by atoms with van der Waals surface area (Å²) in [6, 6.07) is 14.2. The Morgan fingerprint density at radius 1 is 1.19 bits per heavy atom. The van der Waals surface area contributed by atoms with Gasteiger partial charge in [0.2, 0.25) is 0 Å². The van der Waals surface area contributed by atoms with Crippen LogP contribution in [-0.2, 0) is 6.42 Å². The zero-order valence-electron chi connectivity index (χ0n) is 12.5. The van der Waals surface area contributed by atoms with Crippen molar-refractivity contribution in [3.8, 4) is 11.8 Å². The molecule has 0 radical (unpaired) electrons. The van der Waals surface area contributed by atoms with Gasteiger partial charge in [-0.3, -0.25) is 0 Å². The van der Waals surface area contributed by atoms with Crippen LogP contribution in [0, 0.1) is 25.2 Å². The molecule has 0 N–H and O–H groups in total. The van der Waals surface area contributed by atoms with Gasteiger partial charge in [0.25, 0.3) is 0 Å². The molecule has 0 heterocycles. The molecule has 0 aliphatic rings. The topological polar surface area (TPSA) is 33.0 Å². The minimum absolute atomic E-state index is 0.214. The molecule has 108 valence electrons. The van der Waals surface area contributed by atoms with Crippen molar-refractivity contribution < 1.29 is 4.74 Å². The van der Waals surface area contributed by atoms with Crippen molar-refractivity contribution in [2.45, 2.75) is 26.2 Å². The largest absolute Gasteiger partial charge is 0.495 e. The van der Waals surface area contributed by atoms with Crippen molar-refractivity contribution >= 4 is 11.6 Å². The van der Waals surface area contributed by atoms with Crippen molar-refractivity contribution in [2.24, 2.45) is 0 Å². The average Bonchev–Trinajstić information content (AvgIpc) is 2.48. The van der Waals surface area contributed by atoms with Gasteiger partial charge in [-0.15, -0.1) is 0 Å². The minimum atomic E-state index is -0.214. The minimum Gasteiger partial charge on any atom is -0.495 e. The number of nitriles is 1. The Labute approximate surface area is 130 Å². The number of ether oxygens (including phenoxy) is 1. The normalized spacial score (nSPS) is 11.8. The smallest absolute Gasteiger partial charge is 0.137 e. The van der Waals surface area contributed by atoms with E-state index in [1.807, 2.05) is 18.2 Å². The third-order valence-corrected chi connectivity index (χ3v) is 3.96. The number of hydrogen-bond donors (Lipinski definition) is 0. The van der Waals surface area contributed by atoms with Crippen LogP contribution in [0.25, 0.3) is 0 Å². The van der Waals surface area contributed by atoms with Crippen LogP contribution in [-0.4, -0.2) is 7.11 Å². The molecule has 0 saturated carbocycles. The van der Waals surface area contributed by atoms with Crippen LogP contribution in [0.4, 0.5) is 0 Å². The summed E-state index contributed by atoms with van der Waals surface area (Å²) >= 11 is 6.16. The summed E-state index contributed by atoms with van der Waals surface area (Å²) in [5.74, 6) is 0.415. The second-order valence-electron chi connectivity index (χ2n) is 5.21. The molecule has 0 bridgehead atoms. The standard InChI is InChI=1S/C18H18ClNO/c1-12-4-5-13(2)15(8-12)9-16(11-20)14-6-7-18(21-3)17(19)10-14/h4-8,10,16H,9H2,1-3H3. The Hall–Kier alpha value is -1.98. The molecule has 2 nitrogen and oxygen atoms in total. The predicted molar refractivity (Wildman–Crippen MR) is 86.0 cm³/mol. The van der Waals surface area contributed by atoms with E-state index in [2.05, 4.69) is 38.1 Å². The average molecular weight is 300 g/mol. The summed E-state index contributed by atoms with van der Waals surface area (Å²) in [6.07, 6.45) is 0.687. The number of aryl methyl sites for hydroxylation is 2. The Bertz CT molecular complexity index is 688. The van der Waals surface area contributed by atoms with E-state index < -0.39 is 0 Å². The van der Waals surface area contributed by atoms with Gasteiger partial charge in [0.05, 0.1) is 24.1 Å². The van der Waals surface area contributed by atoms with E-state index in [9.17, 15) is 5.26 Å².